The number of ether oxygens (including phenoxy) is 2. The number of aromatic nitrogens is 2. The van der Waals surface area contributed by atoms with Gasteiger partial charge in [-0.3, -0.25) is 4.98 Å². The molecule has 0 saturated heterocycles. The highest BCUT2D eigenvalue weighted by molar-refractivity contribution is 6.30. The van der Waals surface area contributed by atoms with Gasteiger partial charge in [0.15, 0.2) is 16.7 Å². The maximum atomic E-state index is 11.1. The van der Waals surface area contributed by atoms with Crippen molar-refractivity contribution >= 4 is 17.7 Å². The number of nitrogens with two attached hydrogens (primary N) is 1. The molecule has 2 aromatic carbocycles. The third-order valence-corrected chi connectivity index (χ3v) is 3.87. The summed E-state index contributed by atoms with van der Waals surface area (Å²) in [6.07, 6.45) is 2.67. The zero-order chi connectivity index (χ0) is 18.4. The van der Waals surface area contributed by atoms with E-state index in [1.807, 2.05) is 30.3 Å². The Labute approximate surface area is 155 Å². The number of nitrogens with zero attached hydrogens (tertiary/aromatic N) is 2. The Hall–Kier alpha value is -3.12. The number of hydrogen-bond donors (Lipinski definition) is 1. The van der Waals surface area contributed by atoms with Crippen molar-refractivity contribution in [3.63, 3.8) is 0 Å². The molecule has 6 nitrogen and oxygen atoms in total. The molecule has 26 heavy (non-hydrogen) atoms. The van der Waals surface area contributed by atoms with Crippen LogP contribution in [0.5, 0.6) is 11.5 Å². The van der Waals surface area contributed by atoms with Crippen molar-refractivity contribution in [1.29, 1.82) is 0 Å². The number of rotatable bonds is 6. The van der Waals surface area contributed by atoms with Crippen molar-refractivity contribution in [2.75, 3.05) is 0 Å². The van der Waals surface area contributed by atoms with Gasteiger partial charge in [0.2, 0.25) is 0 Å². The van der Waals surface area contributed by atoms with Crippen LogP contribution in [0.15, 0.2) is 60.9 Å². The summed E-state index contributed by atoms with van der Waals surface area (Å²) < 4.78 is 10.9. The maximum Gasteiger partial charge on any atom is 0.410 e. The zero-order valence-electron chi connectivity index (χ0n) is 13.8. The molecular formula is C19H16ClN3O3. The van der Waals surface area contributed by atoms with E-state index in [4.69, 9.17) is 26.8 Å². The first-order valence-corrected chi connectivity index (χ1v) is 8.22. The van der Waals surface area contributed by atoms with Crippen LogP contribution in [-0.2, 0) is 13.0 Å². The number of carbonyl (C=O) groups is 1. The van der Waals surface area contributed by atoms with Gasteiger partial charge in [0.05, 0.1) is 5.69 Å². The Balaban J connectivity index is 1.83. The zero-order valence-corrected chi connectivity index (χ0v) is 14.5. The summed E-state index contributed by atoms with van der Waals surface area (Å²) in [6, 6.07) is 14.8. The molecule has 132 valence electrons. The number of benzene rings is 2. The Morgan fingerprint density at radius 3 is 2.50 bits per heavy atom. The lowest BCUT2D eigenvalue weighted by atomic mass is 10.1. The standard InChI is InChI=1S/C19H16ClN3O3/c20-18-15(22-8-9-23-18)10-14-6-7-16(26-19(21)24)17(11-14)25-12-13-4-2-1-3-5-13/h1-9,11H,10,12H2,(H2,21,24). The first-order chi connectivity index (χ1) is 12.6. The highest BCUT2D eigenvalue weighted by atomic mass is 35.5. The summed E-state index contributed by atoms with van der Waals surface area (Å²) in [5.74, 6) is 0.660. The number of amides is 1. The van der Waals surface area contributed by atoms with Gasteiger partial charge in [-0.2, -0.15) is 0 Å². The summed E-state index contributed by atoms with van der Waals surface area (Å²) in [5, 5.41) is 0.344. The fourth-order valence-corrected chi connectivity index (χ4v) is 2.54. The van der Waals surface area contributed by atoms with E-state index in [0.29, 0.717) is 29.6 Å². The molecule has 0 radical (unpaired) electrons. The van der Waals surface area contributed by atoms with E-state index in [9.17, 15) is 4.79 Å². The molecule has 0 unspecified atom stereocenters. The van der Waals surface area contributed by atoms with Gasteiger partial charge in [-0.05, 0) is 23.3 Å². The largest absolute Gasteiger partial charge is 0.485 e. The van der Waals surface area contributed by atoms with Gasteiger partial charge in [0, 0.05) is 18.8 Å². The van der Waals surface area contributed by atoms with Crippen LogP contribution in [0.25, 0.3) is 0 Å². The van der Waals surface area contributed by atoms with E-state index in [1.165, 1.54) is 6.20 Å². The molecule has 3 rings (SSSR count). The average molecular weight is 370 g/mol. The third-order valence-electron chi connectivity index (χ3n) is 3.55. The fourth-order valence-electron chi connectivity index (χ4n) is 2.37. The molecule has 1 aromatic heterocycles. The van der Waals surface area contributed by atoms with Crippen LogP contribution in [0.4, 0.5) is 4.79 Å². The summed E-state index contributed by atoms with van der Waals surface area (Å²) in [4.78, 5) is 19.4. The number of halogens is 1. The van der Waals surface area contributed by atoms with Crippen molar-refractivity contribution in [2.24, 2.45) is 5.73 Å². The van der Waals surface area contributed by atoms with Crippen LogP contribution < -0.4 is 15.2 Å². The van der Waals surface area contributed by atoms with Crippen molar-refractivity contribution in [3.8, 4) is 11.5 Å². The number of primary amides is 1. The summed E-state index contributed by atoms with van der Waals surface area (Å²) in [7, 11) is 0. The van der Waals surface area contributed by atoms with Gasteiger partial charge in [-0.15, -0.1) is 0 Å². The van der Waals surface area contributed by atoms with Crippen molar-refractivity contribution in [3.05, 3.63) is 82.9 Å². The van der Waals surface area contributed by atoms with Crippen LogP contribution in [0.2, 0.25) is 5.15 Å². The van der Waals surface area contributed by atoms with E-state index < -0.39 is 6.09 Å². The number of hydrogen-bond acceptors (Lipinski definition) is 5. The van der Waals surface area contributed by atoms with Crippen LogP contribution in [0.3, 0.4) is 0 Å². The number of carbonyl (C=O) groups excluding carboxylic acids is 1. The topological polar surface area (TPSA) is 87.3 Å². The van der Waals surface area contributed by atoms with Crippen molar-refractivity contribution in [2.45, 2.75) is 13.0 Å². The average Bonchev–Trinajstić information content (AvgIpc) is 2.64. The van der Waals surface area contributed by atoms with Crippen molar-refractivity contribution < 1.29 is 14.3 Å². The minimum absolute atomic E-state index is 0.252. The molecule has 0 spiro atoms. The second-order valence-electron chi connectivity index (χ2n) is 5.45. The molecule has 0 bridgehead atoms. The van der Waals surface area contributed by atoms with E-state index >= 15 is 0 Å². The minimum atomic E-state index is -0.903. The summed E-state index contributed by atoms with van der Waals surface area (Å²) in [6.45, 7) is 0.325. The summed E-state index contributed by atoms with van der Waals surface area (Å²) >= 11 is 6.06. The molecule has 1 heterocycles. The molecular weight excluding hydrogens is 354 g/mol. The SMILES string of the molecule is NC(=O)Oc1ccc(Cc2nccnc2Cl)cc1OCc1ccccc1. The Morgan fingerprint density at radius 1 is 1.00 bits per heavy atom. The van der Waals surface area contributed by atoms with Gasteiger partial charge in [-0.25, -0.2) is 9.78 Å². The lowest BCUT2D eigenvalue weighted by Crippen LogP contribution is -2.17. The lowest BCUT2D eigenvalue weighted by molar-refractivity contribution is 0.206. The smallest absolute Gasteiger partial charge is 0.410 e. The van der Waals surface area contributed by atoms with Gasteiger partial charge in [-0.1, -0.05) is 48.0 Å². The Kier molecular flexibility index (Phi) is 5.66. The molecule has 0 atom stereocenters. The predicted molar refractivity (Wildman–Crippen MR) is 97.3 cm³/mol. The van der Waals surface area contributed by atoms with Crippen LogP contribution >= 0.6 is 11.6 Å². The third kappa shape index (κ3) is 4.70. The maximum absolute atomic E-state index is 11.1. The molecule has 0 aliphatic carbocycles. The first kappa shape index (κ1) is 17.7. The minimum Gasteiger partial charge on any atom is -0.485 e. The highest BCUT2D eigenvalue weighted by Gasteiger charge is 2.12. The molecule has 2 N–H and O–H groups in total. The fraction of sp³-hybridized carbons (Fsp3) is 0.105. The molecule has 0 fully saturated rings. The second-order valence-corrected chi connectivity index (χ2v) is 5.81. The molecule has 7 heteroatoms. The molecule has 0 aliphatic heterocycles. The molecule has 3 aromatic rings. The van der Waals surface area contributed by atoms with E-state index in [2.05, 4.69) is 9.97 Å². The van der Waals surface area contributed by atoms with E-state index in [0.717, 1.165) is 11.1 Å². The molecule has 1 amide bonds. The van der Waals surface area contributed by atoms with E-state index in [-0.39, 0.29) is 5.75 Å². The highest BCUT2D eigenvalue weighted by Crippen LogP contribution is 2.30. The quantitative estimate of drug-likeness (QED) is 0.714. The van der Waals surface area contributed by atoms with E-state index in [1.54, 1.807) is 24.4 Å². The lowest BCUT2D eigenvalue weighted by Gasteiger charge is -2.13. The Morgan fingerprint density at radius 2 is 1.77 bits per heavy atom. The van der Waals surface area contributed by atoms with Gasteiger partial charge in [0.1, 0.15) is 6.61 Å². The van der Waals surface area contributed by atoms with Crippen LogP contribution in [-0.4, -0.2) is 16.1 Å². The van der Waals surface area contributed by atoms with Crippen LogP contribution in [0, 0.1) is 0 Å². The Bertz CT molecular complexity index is 904. The second kappa shape index (κ2) is 8.31. The van der Waals surface area contributed by atoms with Gasteiger partial charge < -0.3 is 15.2 Å². The monoisotopic (exact) mass is 369 g/mol. The van der Waals surface area contributed by atoms with Crippen molar-refractivity contribution in [1.82, 2.24) is 9.97 Å². The first-order valence-electron chi connectivity index (χ1n) is 7.84. The molecule has 0 aliphatic rings. The normalized spacial score (nSPS) is 10.3. The van der Waals surface area contributed by atoms with Gasteiger partial charge >= 0.3 is 6.09 Å². The predicted octanol–water partition coefficient (Wildman–Crippen LogP) is 3.76. The molecule has 0 saturated carbocycles. The van der Waals surface area contributed by atoms with Crippen LogP contribution in [0.1, 0.15) is 16.8 Å². The summed E-state index contributed by atoms with van der Waals surface area (Å²) in [5.41, 5.74) is 7.64. The van der Waals surface area contributed by atoms with Gasteiger partial charge in [0.25, 0.3) is 0 Å².